The van der Waals surface area contributed by atoms with Crippen LogP contribution in [0, 0.1) is 0 Å². The van der Waals surface area contributed by atoms with E-state index in [2.05, 4.69) is 41.5 Å². The summed E-state index contributed by atoms with van der Waals surface area (Å²) in [5, 5.41) is 0. The molecule has 0 fully saturated rings. The molecule has 2 heteroatoms. The third-order valence-corrected chi connectivity index (χ3v) is 21.6. The zero-order valence-electron chi connectivity index (χ0n) is 9.23. The molecule has 0 aliphatic carbocycles. The molecule has 0 nitrogen and oxygen atoms in total. The van der Waals surface area contributed by atoms with Crippen molar-refractivity contribution >= 4 is 31.7 Å². The van der Waals surface area contributed by atoms with Gasteiger partial charge in [-0.1, -0.05) is 0 Å². The minimum atomic E-state index is -0.843. The first-order valence-electron chi connectivity index (χ1n) is 4.83. The maximum absolute atomic E-state index is 2.43. The topological polar surface area (TPSA) is 0 Å². The fraction of sp³-hybridized carbons (Fsp3) is 1.00. The summed E-state index contributed by atoms with van der Waals surface area (Å²) in [5.41, 5.74) is 2.94. The average molecular weight is 180 g/mol. The molecule has 11 heavy (non-hydrogen) atoms. The van der Waals surface area contributed by atoms with Gasteiger partial charge in [-0.3, -0.25) is 0 Å². The van der Waals surface area contributed by atoms with Gasteiger partial charge in [0, 0.05) is 0 Å². The Bertz CT molecular complexity index is 97.0. The van der Waals surface area contributed by atoms with Crippen LogP contribution < -0.4 is 0 Å². The van der Waals surface area contributed by atoms with Gasteiger partial charge in [-0.25, -0.2) is 0 Å². The molecule has 0 saturated heterocycles. The first-order chi connectivity index (χ1) is 4.83. The van der Waals surface area contributed by atoms with E-state index in [9.17, 15) is 0 Å². The van der Waals surface area contributed by atoms with Gasteiger partial charge in [-0.15, -0.1) is 0 Å². The zero-order valence-corrected chi connectivity index (χ0v) is 12.2. The molecule has 0 bridgehead atoms. The quantitative estimate of drug-likeness (QED) is 0.584. The van der Waals surface area contributed by atoms with Crippen molar-refractivity contribution in [2.24, 2.45) is 0 Å². The molecule has 0 unspecified atom stereocenters. The Morgan fingerprint density at radius 3 is 0.909 bits per heavy atom. The van der Waals surface area contributed by atoms with E-state index in [-0.39, 0.29) is 0 Å². The van der Waals surface area contributed by atoms with Crippen LogP contribution in [-0.2, 0) is 0 Å². The predicted octanol–water partition coefficient (Wildman–Crippen LogP) is 3.33. The molecule has 0 atom stereocenters. The van der Waals surface area contributed by atoms with Crippen molar-refractivity contribution < 1.29 is 0 Å². The summed E-state index contributed by atoms with van der Waals surface area (Å²) in [6.07, 6.45) is 0. The van der Waals surface area contributed by atoms with E-state index >= 15 is 0 Å². The SMILES string of the molecule is CC(C)[Si]([Na])(C(C)C)C(C)C. The van der Waals surface area contributed by atoms with Crippen molar-refractivity contribution in [3.05, 3.63) is 0 Å². The Labute approximate surface area is 89.4 Å². The zero-order chi connectivity index (χ0) is 9.23. The van der Waals surface area contributed by atoms with Crippen molar-refractivity contribution in [1.29, 1.82) is 0 Å². The third kappa shape index (κ3) is 2.58. The molecule has 0 heterocycles. The van der Waals surface area contributed by atoms with Gasteiger partial charge in [0.05, 0.1) is 0 Å². The monoisotopic (exact) mass is 180 g/mol. The van der Waals surface area contributed by atoms with E-state index in [0.717, 1.165) is 16.6 Å². The Kier molecular flexibility index (Phi) is 4.94. The Balaban J connectivity index is 4.53. The van der Waals surface area contributed by atoms with Gasteiger partial charge in [-0.2, -0.15) is 0 Å². The Morgan fingerprint density at radius 2 is 0.909 bits per heavy atom. The standard InChI is InChI=1S/C9H21Si.Na/c1-7(2)10(8(3)4)9(5)6;/h7-9H,1-6H3;. The van der Waals surface area contributed by atoms with Crippen LogP contribution in [0.15, 0.2) is 0 Å². The number of hydrogen-bond acceptors (Lipinski definition) is 0. The first-order valence-corrected chi connectivity index (χ1v) is 10.6. The summed E-state index contributed by atoms with van der Waals surface area (Å²) in [6, 6.07) is 0. The van der Waals surface area contributed by atoms with Gasteiger partial charge in [0.1, 0.15) is 0 Å². The second-order valence-corrected chi connectivity index (χ2v) is 16.2. The van der Waals surface area contributed by atoms with Crippen molar-refractivity contribution in [2.45, 2.75) is 58.2 Å². The Morgan fingerprint density at radius 1 is 0.727 bits per heavy atom. The summed E-state index contributed by atoms with van der Waals surface area (Å²) in [6.45, 7) is 14.6. The average Bonchev–Trinajstić information content (AvgIpc) is 1.84. The molecule has 0 spiro atoms. The van der Waals surface area contributed by atoms with E-state index in [1.165, 1.54) is 27.0 Å². The van der Waals surface area contributed by atoms with E-state index in [1.807, 2.05) is 0 Å². The number of hydrogen-bond donors (Lipinski definition) is 0. The minimum absolute atomic E-state index is 0.843. The van der Waals surface area contributed by atoms with Gasteiger partial charge in [0.15, 0.2) is 0 Å². The molecule has 0 amide bonds. The Hall–Kier alpha value is 1.22. The van der Waals surface area contributed by atoms with E-state index in [1.54, 1.807) is 0 Å². The molecule has 0 rings (SSSR count). The van der Waals surface area contributed by atoms with Gasteiger partial charge in [-0.05, 0) is 0 Å². The van der Waals surface area contributed by atoms with Gasteiger partial charge < -0.3 is 0 Å². The molecular weight excluding hydrogens is 159 g/mol. The maximum atomic E-state index is 2.43. The van der Waals surface area contributed by atoms with Gasteiger partial charge >= 0.3 is 89.8 Å². The molecule has 62 valence electrons. The molecule has 0 aliphatic rings. The molecule has 0 radical (unpaired) electrons. The molecule has 0 aromatic heterocycles. The predicted molar refractivity (Wildman–Crippen MR) is 56.8 cm³/mol. The van der Waals surface area contributed by atoms with Crippen LogP contribution in [0.4, 0.5) is 0 Å². The van der Waals surface area contributed by atoms with Crippen LogP contribution in [0.3, 0.4) is 0 Å². The first kappa shape index (κ1) is 12.2. The van der Waals surface area contributed by atoms with Crippen LogP contribution in [0.5, 0.6) is 0 Å². The van der Waals surface area contributed by atoms with E-state index in [4.69, 9.17) is 0 Å². The molecular formula is C9H21NaSi. The second kappa shape index (κ2) is 4.45. The van der Waals surface area contributed by atoms with Crippen molar-refractivity contribution in [3.8, 4) is 0 Å². The molecule has 0 N–H and O–H groups in total. The van der Waals surface area contributed by atoms with Crippen molar-refractivity contribution in [2.75, 3.05) is 0 Å². The summed E-state index contributed by atoms with van der Waals surface area (Å²) in [7, 11) is 0. The van der Waals surface area contributed by atoms with Crippen LogP contribution in [0.25, 0.3) is 0 Å². The summed E-state index contributed by atoms with van der Waals surface area (Å²) in [5.74, 6) is 0. The van der Waals surface area contributed by atoms with Gasteiger partial charge in [0.2, 0.25) is 0 Å². The van der Waals surface area contributed by atoms with Crippen LogP contribution in [0.1, 0.15) is 41.5 Å². The fourth-order valence-electron chi connectivity index (χ4n) is 2.00. The second-order valence-electron chi connectivity index (χ2n) is 4.83. The summed E-state index contributed by atoms with van der Waals surface area (Å²) >= 11 is 1.46. The van der Waals surface area contributed by atoms with Gasteiger partial charge in [0.25, 0.3) is 0 Å². The van der Waals surface area contributed by atoms with E-state index in [0.29, 0.717) is 0 Å². The number of rotatable bonds is 3. The van der Waals surface area contributed by atoms with Crippen molar-refractivity contribution in [1.82, 2.24) is 0 Å². The normalized spacial score (nSPS) is 13.7. The van der Waals surface area contributed by atoms with E-state index < -0.39 is 4.63 Å². The molecule has 0 aliphatic heterocycles. The summed E-state index contributed by atoms with van der Waals surface area (Å²) < 4.78 is -0.843. The molecule has 0 aromatic rings. The van der Waals surface area contributed by atoms with Crippen LogP contribution in [-0.4, -0.2) is 31.7 Å². The van der Waals surface area contributed by atoms with Crippen LogP contribution >= 0.6 is 0 Å². The summed E-state index contributed by atoms with van der Waals surface area (Å²) in [4.78, 5) is 0. The van der Waals surface area contributed by atoms with Crippen molar-refractivity contribution in [3.63, 3.8) is 0 Å². The fourth-order valence-corrected chi connectivity index (χ4v) is 6.00. The van der Waals surface area contributed by atoms with Crippen LogP contribution in [0.2, 0.25) is 16.6 Å². The third-order valence-electron chi connectivity index (χ3n) is 3.73. The molecule has 0 aromatic carbocycles. The molecule has 0 saturated carbocycles.